The zero-order chi connectivity index (χ0) is 12.8. The summed E-state index contributed by atoms with van der Waals surface area (Å²) in [5, 5.41) is 11.9. The second kappa shape index (κ2) is 23.5. The van der Waals surface area contributed by atoms with Gasteiger partial charge in [0.1, 0.15) is 0 Å². The van der Waals surface area contributed by atoms with Crippen LogP contribution >= 0.6 is 27.7 Å². The number of nitrogens with zero attached hydrogens (tertiary/aromatic N) is 3. The molecule has 1 fully saturated rings. The smallest absolute Gasteiger partial charge is 0.668 e. The molecule has 3 nitrogen and oxygen atoms in total. The van der Waals surface area contributed by atoms with Gasteiger partial charge in [-0.05, 0) is 12.8 Å². The van der Waals surface area contributed by atoms with Gasteiger partial charge in [0.15, 0.2) is 0 Å². The van der Waals surface area contributed by atoms with Crippen molar-refractivity contribution in [2.24, 2.45) is 0 Å². The van der Waals surface area contributed by atoms with Crippen molar-refractivity contribution in [1.82, 2.24) is 0 Å². The molecule has 0 radical (unpaired) electrons. The van der Waals surface area contributed by atoms with E-state index in [1.807, 2.05) is 18.8 Å². The minimum Gasteiger partial charge on any atom is -0.668 e. The zero-order valence-corrected chi connectivity index (χ0v) is 16.6. The molecule has 0 spiro atoms. The summed E-state index contributed by atoms with van der Waals surface area (Å²) in [4.78, 5) is 0.749. The van der Waals surface area contributed by atoms with E-state index < -0.39 is 0 Å². The number of halogens is 1. The first-order valence-electron chi connectivity index (χ1n) is 5.44. The van der Waals surface area contributed by atoms with Crippen molar-refractivity contribution in [2.45, 2.75) is 29.3 Å². The van der Waals surface area contributed by atoms with Crippen LogP contribution in [-0.2, 0) is 21.7 Å². The van der Waals surface area contributed by atoms with Crippen LogP contribution in [0.2, 0.25) is 0 Å². The molecular formula is C12H28BrN3STi. The maximum absolute atomic E-state index is 4.08. The molecule has 0 aromatic carbocycles. The average Bonchev–Trinajstić information content (AvgIpc) is 2.63. The fraction of sp³-hybridized carbons (Fsp3) is 0.917. The third-order valence-corrected chi connectivity index (χ3v) is 4.64. The van der Waals surface area contributed by atoms with Gasteiger partial charge in [-0.3, -0.25) is 0 Å². The molecule has 0 aromatic heterocycles. The van der Waals surface area contributed by atoms with E-state index in [9.17, 15) is 0 Å². The fourth-order valence-electron chi connectivity index (χ4n) is 1.24. The monoisotopic (exact) mass is 373 g/mol. The van der Waals surface area contributed by atoms with Crippen molar-refractivity contribution < 1.29 is 21.7 Å². The quantitative estimate of drug-likeness (QED) is 0.402. The maximum atomic E-state index is 4.08. The average molecular weight is 374 g/mol. The van der Waals surface area contributed by atoms with Crippen LogP contribution in [0.25, 0.3) is 16.0 Å². The van der Waals surface area contributed by atoms with Crippen LogP contribution in [0.3, 0.4) is 0 Å². The summed E-state index contributed by atoms with van der Waals surface area (Å²) in [6, 6.07) is 0. The van der Waals surface area contributed by atoms with Crippen molar-refractivity contribution in [1.29, 1.82) is 0 Å². The normalized spacial score (nSPS) is 20.3. The van der Waals surface area contributed by atoms with E-state index in [0.29, 0.717) is 0 Å². The largest absolute Gasteiger partial charge is 4.00 e. The predicted octanol–water partition coefficient (Wildman–Crippen LogP) is 4.68. The van der Waals surface area contributed by atoms with Gasteiger partial charge in [-0.2, -0.15) is 47.0 Å². The molecule has 0 aliphatic heterocycles. The Morgan fingerprint density at radius 3 is 1.78 bits per heavy atom. The Kier molecular flexibility index (Phi) is 36.2. The Morgan fingerprint density at radius 2 is 1.50 bits per heavy atom. The molecule has 0 heterocycles. The van der Waals surface area contributed by atoms with Gasteiger partial charge >= 0.3 is 21.7 Å². The third kappa shape index (κ3) is 19.8. The first-order chi connectivity index (χ1) is 7.67. The topological polar surface area (TPSA) is 42.3 Å². The Bertz CT molecular complexity index is 132. The van der Waals surface area contributed by atoms with Crippen LogP contribution in [0, 0.1) is 7.43 Å². The van der Waals surface area contributed by atoms with E-state index in [1.165, 1.54) is 19.3 Å². The van der Waals surface area contributed by atoms with Crippen LogP contribution in [0.1, 0.15) is 19.3 Å². The van der Waals surface area contributed by atoms with Gasteiger partial charge in [0.2, 0.25) is 0 Å². The van der Waals surface area contributed by atoms with Gasteiger partial charge in [0, 0.05) is 10.1 Å². The first kappa shape index (κ1) is 27.7. The van der Waals surface area contributed by atoms with Gasteiger partial charge in [-0.1, -0.05) is 22.4 Å². The number of hydrogen-bond donors (Lipinski definition) is 0. The Balaban J connectivity index is -0.000000106. The molecule has 0 bridgehead atoms. The molecule has 0 saturated heterocycles. The van der Waals surface area contributed by atoms with Crippen molar-refractivity contribution in [3.05, 3.63) is 23.4 Å². The van der Waals surface area contributed by atoms with E-state index in [-0.39, 0.29) is 29.1 Å². The van der Waals surface area contributed by atoms with Crippen molar-refractivity contribution in [3.8, 4) is 0 Å². The third-order valence-electron chi connectivity index (χ3n) is 1.79. The molecule has 0 aromatic rings. The number of alkyl halides is 1. The molecule has 6 heteroatoms. The number of rotatable bonds is 3. The zero-order valence-electron chi connectivity index (χ0n) is 12.6. The van der Waals surface area contributed by atoms with Gasteiger partial charge in [-0.25, -0.2) is 0 Å². The van der Waals surface area contributed by atoms with Crippen LogP contribution in [0.15, 0.2) is 0 Å². The van der Waals surface area contributed by atoms with Crippen LogP contribution < -0.4 is 0 Å². The Morgan fingerprint density at radius 1 is 1.06 bits per heavy atom. The van der Waals surface area contributed by atoms with Crippen molar-refractivity contribution in [2.75, 3.05) is 41.1 Å². The molecule has 0 amide bonds. The molecule has 1 rings (SSSR count). The minimum atomic E-state index is 0. The predicted molar refractivity (Wildman–Crippen MR) is 88.9 cm³/mol. The van der Waals surface area contributed by atoms with E-state index in [1.54, 1.807) is 28.2 Å². The van der Waals surface area contributed by atoms with Crippen molar-refractivity contribution >= 4 is 27.7 Å². The molecule has 2 atom stereocenters. The summed E-state index contributed by atoms with van der Waals surface area (Å²) < 4.78 is 0. The summed E-state index contributed by atoms with van der Waals surface area (Å²) in [5.74, 6) is 0.965. The summed E-state index contributed by atoms with van der Waals surface area (Å²) in [6.45, 7) is 0. The molecule has 0 N–H and O–H groups in total. The molecule has 1 aliphatic rings. The molecule has 18 heavy (non-hydrogen) atoms. The summed E-state index contributed by atoms with van der Waals surface area (Å²) in [5.41, 5.74) is 0. The van der Waals surface area contributed by atoms with Crippen LogP contribution in [0.5, 0.6) is 0 Å². The molecule has 108 valence electrons. The molecule has 1 saturated carbocycles. The maximum Gasteiger partial charge on any atom is 4.00 e. The first-order valence-corrected chi connectivity index (χ1v) is 7.41. The van der Waals surface area contributed by atoms with Gasteiger partial charge in [0.25, 0.3) is 0 Å². The van der Waals surface area contributed by atoms with E-state index >= 15 is 0 Å². The summed E-state index contributed by atoms with van der Waals surface area (Å²) in [7, 11) is 8.88. The van der Waals surface area contributed by atoms with E-state index in [4.69, 9.17) is 0 Å². The Hall–Kier alpha value is 1.42. The minimum absolute atomic E-state index is 0. The standard InChI is InChI=1S/C7H13BrNS.2C2H6N.CH3.Ti/c1-9-5-10-7-4-2-3-6(7)8;2*1-3-2;;/h6-7H,2-5H2,1H3;2*1-2H3;1H3;/q4*-1;+4. The van der Waals surface area contributed by atoms with Crippen LogP contribution in [0.4, 0.5) is 0 Å². The van der Waals surface area contributed by atoms with Crippen LogP contribution in [-0.4, -0.2) is 51.2 Å². The molecule has 2 unspecified atom stereocenters. The van der Waals surface area contributed by atoms with E-state index in [0.717, 1.165) is 16.0 Å². The summed E-state index contributed by atoms with van der Waals surface area (Å²) in [6.07, 6.45) is 4.11. The second-order valence-electron chi connectivity index (χ2n) is 3.49. The van der Waals surface area contributed by atoms with Crippen molar-refractivity contribution in [3.63, 3.8) is 0 Å². The van der Waals surface area contributed by atoms with Gasteiger partial charge in [-0.15, -0.1) is 5.88 Å². The fourth-order valence-corrected chi connectivity index (χ4v) is 3.30. The molecular weight excluding hydrogens is 346 g/mol. The SMILES string of the molecule is C[N-]C.C[N-]C.C[N-]CSC1CCCC1Br.[CH3-].[Ti+4]. The van der Waals surface area contributed by atoms with Gasteiger partial charge < -0.3 is 23.4 Å². The van der Waals surface area contributed by atoms with Gasteiger partial charge in [0.05, 0.1) is 0 Å². The van der Waals surface area contributed by atoms with E-state index in [2.05, 4.69) is 31.9 Å². The number of thioether (sulfide) groups is 1. The number of hydrogen-bond acceptors (Lipinski definition) is 1. The Labute approximate surface area is 142 Å². The summed E-state index contributed by atoms with van der Waals surface area (Å²) >= 11 is 5.65. The second-order valence-corrected chi connectivity index (χ2v) is 5.86. The molecule has 1 aliphatic carbocycles.